The highest BCUT2D eigenvalue weighted by molar-refractivity contribution is 5.20. The van der Waals surface area contributed by atoms with Crippen LogP contribution in [0.2, 0.25) is 0 Å². The van der Waals surface area contributed by atoms with Gasteiger partial charge in [0.05, 0.1) is 0 Å². The van der Waals surface area contributed by atoms with Gasteiger partial charge in [-0.15, -0.1) is 0 Å². The number of allylic oxidation sites excluding steroid dienone is 1. The fraction of sp³-hybridized carbons (Fsp3) is 0.933. The lowest BCUT2D eigenvalue weighted by Crippen LogP contribution is -2.65. The molecule has 1 aliphatic heterocycles. The summed E-state index contributed by atoms with van der Waals surface area (Å²) in [5.74, 6) is 4.30. The Hall–Kier alpha value is -0.300. The topological polar surface area (TPSA) is 12.0 Å². The van der Waals surface area contributed by atoms with Crippen molar-refractivity contribution in [2.24, 2.45) is 51.2 Å². The molecule has 4 aliphatic carbocycles. The predicted molar refractivity (Wildman–Crippen MR) is 133 cm³/mol. The van der Waals surface area contributed by atoms with Crippen molar-refractivity contribution in [3.8, 4) is 0 Å². The van der Waals surface area contributed by atoms with E-state index in [2.05, 4.69) is 60.4 Å². The van der Waals surface area contributed by atoms with Crippen LogP contribution in [0.25, 0.3) is 0 Å². The highest BCUT2D eigenvalue weighted by Crippen LogP contribution is 2.76. The van der Waals surface area contributed by atoms with E-state index in [1.807, 2.05) is 0 Å². The van der Waals surface area contributed by atoms with E-state index >= 15 is 0 Å². The van der Waals surface area contributed by atoms with Gasteiger partial charge >= 0.3 is 0 Å². The molecular weight excluding hydrogens is 374 g/mol. The molecule has 0 bridgehead atoms. The number of nitrogens with one attached hydrogen (secondary N) is 1. The summed E-state index contributed by atoms with van der Waals surface area (Å²) in [5, 5.41) is 3.96. The van der Waals surface area contributed by atoms with Gasteiger partial charge in [-0.1, -0.05) is 39.8 Å². The third kappa shape index (κ3) is 2.83. The van der Waals surface area contributed by atoms with E-state index in [-0.39, 0.29) is 5.54 Å². The minimum absolute atomic E-state index is 0.284. The summed E-state index contributed by atoms with van der Waals surface area (Å²) in [6, 6.07) is 0. The lowest BCUT2D eigenvalue weighted by Gasteiger charge is -2.71. The van der Waals surface area contributed by atoms with Crippen LogP contribution >= 0.6 is 0 Å². The summed E-state index contributed by atoms with van der Waals surface area (Å²) < 4.78 is 0. The first-order chi connectivity index (χ1) is 14.4. The van der Waals surface area contributed by atoms with Gasteiger partial charge in [-0.2, -0.15) is 0 Å². The van der Waals surface area contributed by atoms with Gasteiger partial charge < -0.3 is 5.32 Å². The van der Waals surface area contributed by atoms with Crippen LogP contribution in [0.15, 0.2) is 12.2 Å². The van der Waals surface area contributed by atoms with Crippen LogP contribution in [-0.2, 0) is 0 Å². The SMILES string of the molecule is C=C(C)[C@@H]1CC[C@]2(C)CC[C@]3(C)[C@H](CC[C@@H]4[C@@]5(C)CCCNC(C)(C)[C@@H]5CC[C@]43C)[C@@H]12. The van der Waals surface area contributed by atoms with Crippen molar-refractivity contribution in [3.63, 3.8) is 0 Å². The molecule has 1 heterocycles. The molecular formula is C30H51N. The van der Waals surface area contributed by atoms with E-state index in [1.165, 1.54) is 76.3 Å². The third-order valence-electron chi connectivity index (χ3n) is 13.1. The Bertz CT molecular complexity index is 752. The van der Waals surface area contributed by atoms with Crippen molar-refractivity contribution >= 4 is 0 Å². The summed E-state index contributed by atoms with van der Waals surface area (Å²) in [6.07, 6.45) is 14.4. The van der Waals surface area contributed by atoms with Crippen LogP contribution in [0.1, 0.15) is 113 Å². The van der Waals surface area contributed by atoms with E-state index in [1.54, 1.807) is 0 Å². The zero-order chi connectivity index (χ0) is 22.4. The zero-order valence-corrected chi connectivity index (χ0v) is 21.9. The maximum absolute atomic E-state index is 4.50. The van der Waals surface area contributed by atoms with Gasteiger partial charge in [0, 0.05) is 5.54 Å². The predicted octanol–water partition coefficient (Wildman–Crippen LogP) is 8.01. The van der Waals surface area contributed by atoms with Gasteiger partial charge in [-0.05, 0) is 143 Å². The van der Waals surface area contributed by atoms with Gasteiger partial charge in [-0.25, -0.2) is 0 Å². The van der Waals surface area contributed by atoms with Crippen LogP contribution in [0.4, 0.5) is 0 Å². The highest BCUT2D eigenvalue weighted by atomic mass is 15.0. The first-order valence-electron chi connectivity index (χ1n) is 13.8. The van der Waals surface area contributed by atoms with Crippen LogP contribution in [0, 0.1) is 51.2 Å². The molecule has 9 atom stereocenters. The Balaban J connectivity index is 1.55. The molecule has 0 aromatic heterocycles. The summed E-state index contributed by atoms with van der Waals surface area (Å²) in [6.45, 7) is 24.0. The van der Waals surface area contributed by atoms with Crippen molar-refractivity contribution in [1.82, 2.24) is 5.32 Å². The highest BCUT2D eigenvalue weighted by Gasteiger charge is 2.69. The lowest BCUT2D eigenvalue weighted by atomic mass is 9.33. The second-order valence-corrected chi connectivity index (χ2v) is 14.6. The molecule has 5 fully saturated rings. The summed E-state index contributed by atoms with van der Waals surface area (Å²) in [5.41, 5.74) is 3.86. The Kier molecular flexibility index (Phi) is 4.98. The van der Waals surface area contributed by atoms with Crippen molar-refractivity contribution in [2.45, 2.75) is 118 Å². The van der Waals surface area contributed by atoms with Crippen molar-refractivity contribution in [1.29, 1.82) is 0 Å². The maximum Gasteiger partial charge on any atom is 0.0158 e. The van der Waals surface area contributed by atoms with Gasteiger partial charge in [0.25, 0.3) is 0 Å². The quantitative estimate of drug-likeness (QED) is 0.419. The smallest absolute Gasteiger partial charge is 0.0158 e. The molecule has 0 amide bonds. The molecule has 1 nitrogen and oxygen atoms in total. The molecule has 1 N–H and O–H groups in total. The average molecular weight is 426 g/mol. The minimum atomic E-state index is 0.284. The first-order valence-corrected chi connectivity index (χ1v) is 13.8. The van der Waals surface area contributed by atoms with Gasteiger partial charge in [-0.3, -0.25) is 0 Å². The Morgan fingerprint density at radius 3 is 2.23 bits per heavy atom. The molecule has 1 heteroatoms. The van der Waals surface area contributed by atoms with Crippen LogP contribution < -0.4 is 5.32 Å². The van der Waals surface area contributed by atoms with E-state index < -0.39 is 0 Å². The van der Waals surface area contributed by atoms with Gasteiger partial charge in [0.15, 0.2) is 0 Å². The molecule has 176 valence electrons. The van der Waals surface area contributed by atoms with Crippen molar-refractivity contribution in [3.05, 3.63) is 12.2 Å². The van der Waals surface area contributed by atoms with Crippen molar-refractivity contribution < 1.29 is 0 Å². The minimum Gasteiger partial charge on any atom is -0.311 e. The molecule has 0 aromatic rings. The van der Waals surface area contributed by atoms with Crippen LogP contribution in [0.5, 0.6) is 0 Å². The lowest BCUT2D eigenvalue weighted by molar-refractivity contribution is -0.221. The second kappa shape index (κ2) is 6.86. The van der Waals surface area contributed by atoms with E-state index in [0.717, 1.165) is 29.6 Å². The summed E-state index contributed by atoms with van der Waals surface area (Å²) in [4.78, 5) is 0. The first kappa shape index (κ1) is 22.5. The largest absolute Gasteiger partial charge is 0.311 e. The van der Waals surface area contributed by atoms with Gasteiger partial charge in [0.2, 0.25) is 0 Å². The summed E-state index contributed by atoms with van der Waals surface area (Å²) in [7, 11) is 0. The number of fused-ring (bicyclic) bond motifs is 7. The molecule has 0 aromatic carbocycles. The molecule has 1 saturated heterocycles. The monoisotopic (exact) mass is 425 g/mol. The number of hydrogen-bond acceptors (Lipinski definition) is 1. The van der Waals surface area contributed by atoms with E-state index in [4.69, 9.17) is 0 Å². The Labute approximate surface area is 193 Å². The van der Waals surface area contributed by atoms with E-state index in [9.17, 15) is 0 Å². The van der Waals surface area contributed by atoms with Crippen LogP contribution in [-0.4, -0.2) is 12.1 Å². The molecule has 0 unspecified atom stereocenters. The van der Waals surface area contributed by atoms with E-state index in [0.29, 0.717) is 21.7 Å². The third-order valence-corrected chi connectivity index (χ3v) is 13.1. The zero-order valence-electron chi connectivity index (χ0n) is 21.9. The normalized spacial score (nSPS) is 55.9. The van der Waals surface area contributed by atoms with Crippen molar-refractivity contribution in [2.75, 3.05) is 6.54 Å². The van der Waals surface area contributed by atoms with Gasteiger partial charge in [0.1, 0.15) is 0 Å². The molecule has 0 radical (unpaired) electrons. The molecule has 31 heavy (non-hydrogen) atoms. The Morgan fingerprint density at radius 2 is 1.52 bits per heavy atom. The standard InChI is InChI=1S/C30H51N/c1-20(2)21-12-15-27(5)17-18-29(7)22(25(21)27)10-11-24-28(6)14-9-19-31-26(3,4)23(28)13-16-30(24,29)8/h21-25,31H,1,9-19H2,2-8H3/t21-,22+,23-,24+,25+,27+,28-,29+,30+/m0/s1. The second-order valence-electron chi connectivity index (χ2n) is 14.6. The molecule has 5 rings (SSSR count). The number of hydrogen-bond donors (Lipinski definition) is 1. The maximum atomic E-state index is 4.50. The summed E-state index contributed by atoms with van der Waals surface area (Å²) >= 11 is 0. The molecule has 5 aliphatic rings. The fourth-order valence-electron chi connectivity index (χ4n) is 11.4. The average Bonchev–Trinajstić information content (AvgIpc) is 2.98. The molecule has 4 saturated carbocycles. The fourth-order valence-corrected chi connectivity index (χ4v) is 11.4. The Morgan fingerprint density at radius 1 is 0.774 bits per heavy atom. The van der Waals surface area contributed by atoms with Crippen LogP contribution in [0.3, 0.4) is 0 Å². The number of rotatable bonds is 1. The molecule has 0 spiro atoms.